The average molecular weight is 267 g/mol. The molecule has 1 heterocycles. The molecule has 0 spiro atoms. The Morgan fingerprint density at radius 2 is 2.00 bits per heavy atom. The van der Waals surface area contributed by atoms with E-state index >= 15 is 0 Å². The third-order valence-corrected chi connectivity index (χ3v) is 3.76. The van der Waals surface area contributed by atoms with Crippen LogP contribution in [-0.2, 0) is 0 Å². The second-order valence-electron chi connectivity index (χ2n) is 4.56. The van der Waals surface area contributed by atoms with Crippen LogP contribution in [0.15, 0.2) is 24.3 Å². The maximum absolute atomic E-state index is 12.4. The summed E-state index contributed by atoms with van der Waals surface area (Å²) in [6.07, 6.45) is 1.03. The molecule has 98 valence electrons. The first-order valence-corrected chi connectivity index (χ1v) is 6.86. The Labute approximate surface area is 113 Å². The van der Waals surface area contributed by atoms with E-state index in [1.165, 1.54) is 0 Å². The topological polar surface area (TPSA) is 23.6 Å². The molecule has 0 bridgehead atoms. The van der Waals surface area contributed by atoms with Gasteiger partial charge in [0.1, 0.15) is 0 Å². The van der Waals surface area contributed by atoms with Crippen LogP contribution < -0.4 is 0 Å². The molecule has 0 saturated carbocycles. The molecule has 0 aromatic heterocycles. The molecule has 1 aliphatic rings. The molecule has 0 aliphatic carbocycles. The number of carbonyl (C=O) groups is 1. The summed E-state index contributed by atoms with van der Waals surface area (Å²) in [7, 11) is 0. The lowest BCUT2D eigenvalue weighted by Crippen LogP contribution is -2.35. The average Bonchev–Trinajstić information content (AvgIpc) is 2.63. The quantitative estimate of drug-likeness (QED) is 0.821. The van der Waals surface area contributed by atoms with Gasteiger partial charge in [0.25, 0.3) is 5.91 Å². The van der Waals surface area contributed by atoms with Crippen LogP contribution in [0.4, 0.5) is 0 Å². The van der Waals surface area contributed by atoms with Crippen LogP contribution in [-0.4, -0.2) is 48.4 Å². The lowest BCUT2D eigenvalue weighted by Gasteiger charge is -2.21. The zero-order valence-electron chi connectivity index (χ0n) is 10.7. The molecule has 1 fully saturated rings. The van der Waals surface area contributed by atoms with Gasteiger partial charge in [-0.2, -0.15) is 0 Å². The van der Waals surface area contributed by atoms with E-state index in [-0.39, 0.29) is 5.91 Å². The fourth-order valence-electron chi connectivity index (χ4n) is 2.30. The van der Waals surface area contributed by atoms with E-state index in [1.54, 1.807) is 12.1 Å². The van der Waals surface area contributed by atoms with Crippen LogP contribution in [0, 0.1) is 0 Å². The van der Waals surface area contributed by atoms with Crippen LogP contribution in [0.1, 0.15) is 23.7 Å². The van der Waals surface area contributed by atoms with Crippen LogP contribution in [0.3, 0.4) is 0 Å². The van der Waals surface area contributed by atoms with Gasteiger partial charge in [0, 0.05) is 19.6 Å². The number of likely N-dealkylation sites (N-methyl/N-ethyl adjacent to an activating group) is 1. The summed E-state index contributed by atoms with van der Waals surface area (Å²) in [6, 6.07) is 7.27. The molecular weight excluding hydrogens is 248 g/mol. The van der Waals surface area contributed by atoms with Crippen LogP contribution in [0.25, 0.3) is 0 Å². The molecule has 1 aromatic carbocycles. The van der Waals surface area contributed by atoms with Gasteiger partial charge in [-0.15, -0.1) is 0 Å². The Morgan fingerprint density at radius 1 is 1.22 bits per heavy atom. The summed E-state index contributed by atoms with van der Waals surface area (Å²) in [5.74, 6) is 0.0542. The zero-order valence-corrected chi connectivity index (χ0v) is 11.5. The van der Waals surface area contributed by atoms with Crippen LogP contribution in [0.5, 0.6) is 0 Å². The molecule has 0 radical (unpaired) electrons. The minimum atomic E-state index is 0.0542. The van der Waals surface area contributed by atoms with Crippen molar-refractivity contribution >= 4 is 17.5 Å². The molecule has 0 unspecified atom stereocenters. The predicted octanol–water partition coefficient (Wildman–Crippen LogP) is 2.51. The molecule has 4 heteroatoms. The summed E-state index contributed by atoms with van der Waals surface area (Å²) < 4.78 is 0. The van der Waals surface area contributed by atoms with E-state index in [0.717, 1.165) is 39.1 Å². The minimum Gasteiger partial charge on any atom is -0.337 e. The van der Waals surface area contributed by atoms with Gasteiger partial charge < -0.3 is 9.80 Å². The van der Waals surface area contributed by atoms with Gasteiger partial charge in [0.2, 0.25) is 0 Å². The van der Waals surface area contributed by atoms with Crippen LogP contribution in [0.2, 0.25) is 5.02 Å². The number of benzene rings is 1. The van der Waals surface area contributed by atoms with Crippen molar-refractivity contribution in [3.8, 4) is 0 Å². The van der Waals surface area contributed by atoms with E-state index < -0.39 is 0 Å². The second-order valence-corrected chi connectivity index (χ2v) is 4.97. The van der Waals surface area contributed by atoms with Gasteiger partial charge in [-0.05, 0) is 31.6 Å². The summed E-state index contributed by atoms with van der Waals surface area (Å²) >= 11 is 6.08. The number of carbonyl (C=O) groups excluding carboxylic acids is 1. The van der Waals surface area contributed by atoms with Gasteiger partial charge in [-0.3, -0.25) is 4.79 Å². The van der Waals surface area contributed by atoms with E-state index in [4.69, 9.17) is 11.6 Å². The lowest BCUT2D eigenvalue weighted by atomic mass is 10.2. The second kappa shape index (κ2) is 6.21. The Kier molecular flexibility index (Phi) is 4.61. The molecule has 18 heavy (non-hydrogen) atoms. The first-order valence-electron chi connectivity index (χ1n) is 6.48. The Morgan fingerprint density at radius 3 is 2.72 bits per heavy atom. The minimum absolute atomic E-state index is 0.0542. The first-order chi connectivity index (χ1) is 8.72. The zero-order chi connectivity index (χ0) is 13.0. The SMILES string of the molecule is CCN1CCCN(C(=O)c2ccccc2Cl)CC1. The molecule has 2 rings (SSSR count). The van der Waals surface area contributed by atoms with Crippen molar-refractivity contribution in [3.05, 3.63) is 34.9 Å². The summed E-state index contributed by atoms with van der Waals surface area (Å²) in [6.45, 7) is 6.84. The van der Waals surface area contributed by atoms with Crippen molar-refractivity contribution in [1.82, 2.24) is 9.80 Å². The largest absolute Gasteiger partial charge is 0.337 e. The van der Waals surface area contributed by atoms with Gasteiger partial charge >= 0.3 is 0 Å². The summed E-state index contributed by atoms with van der Waals surface area (Å²) in [5.41, 5.74) is 0.615. The summed E-state index contributed by atoms with van der Waals surface area (Å²) in [5, 5.41) is 0.541. The Hall–Kier alpha value is -1.06. The third-order valence-electron chi connectivity index (χ3n) is 3.43. The molecular formula is C14H19ClN2O. The smallest absolute Gasteiger partial charge is 0.255 e. The highest BCUT2D eigenvalue weighted by atomic mass is 35.5. The van der Waals surface area contributed by atoms with E-state index in [2.05, 4.69) is 11.8 Å². The first kappa shape index (κ1) is 13.4. The number of nitrogens with zero attached hydrogens (tertiary/aromatic N) is 2. The molecule has 1 saturated heterocycles. The lowest BCUT2D eigenvalue weighted by molar-refractivity contribution is 0.0762. The van der Waals surface area contributed by atoms with E-state index in [1.807, 2.05) is 17.0 Å². The number of hydrogen-bond donors (Lipinski definition) is 0. The Bertz CT molecular complexity index is 422. The number of hydrogen-bond acceptors (Lipinski definition) is 2. The highest BCUT2D eigenvalue weighted by molar-refractivity contribution is 6.33. The highest BCUT2D eigenvalue weighted by Crippen LogP contribution is 2.18. The van der Waals surface area contributed by atoms with E-state index in [0.29, 0.717) is 10.6 Å². The summed E-state index contributed by atoms with van der Waals surface area (Å²) in [4.78, 5) is 16.7. The van der Waals surface area contributed by atoms with Gasteiger partial charge in [0.05, 0.1) is 10.6 Å². The van der Waals surface area contributed by atoms with Crippen molar-refractivity contribution in [2.45, 2.75) is 13.3 Å². The van der Waals surface area contributed by atoms with Crippen molar-refractivity contribution in [1.29, 1.82) is 0 Å². The van der Waals surface area contributed by atoms with Gasteiger partial charge in [-0.1, -0.05) is 30.7 Å². The maximum Gasteiger partial charge on any atom is 0.255 e. The maximum atomic E-state index is 12.4. The predicted molar refractivity (Wildman–Crippen MR) is 74.1 cm³/mol. The monoisotopic (exact) mass is 266 g/mol. The highest BCUT2D eigenvalue weighted by Gasteiger charge is 2.20. The normalized spacial score (nSPS) is 17.6. The van der Waals surface area contributed by atoms with Crippen LogP contribution >= 0.6 is 11.6 Å². The third kappa shape index (κ3) is 3.03. The molecule has 1 aliphatic heterocycles. The van der Waals surface area contributed by atoms with E-state index in [9.17, 15) is 4.79 Å². The molecule has 3 nitrogen and oxygen atoms in total. The molecule has 0 atom stereocenters. The fraction of sp³-hybridized carbons (Fsp3) is 0.500. The van der Waals surface area contributed by atoms with Crippen molar-refractivity contribution in [3.63, 3.8) is 0 Å². The van der Waals surface area contributed by atoms with Crippen molar-refractivity contribution in [2.24, 2.45) is 0 Å². The fourth-order valence-corrected chi connectivity index (χ4v) is 2.51. The molecule has 1 amide bonds. The van der Waals surface area contributed by atoms with Gasteiger partial charge in [0.15, 0.2) is 0 Å². The standard InChI is InChI=1S/C14H19ClN2O/c1-2-16-8-5-9-17(11-10-16)14(18)12-6-3-4-7-13(12)15/h3-4,6-7H,2,5,8-11H2,1H3. The van der Waals surface area contributed by atoms with Crippen molar-refractivity contribution < 1.29 is 4.79 Å². The van der Waals surface area contributed by atoms with Gasteiger partial charge in [-0.25, -0.2) is 0 Å². The number of amides is 1. The number of rotatable bonds is 2. The molecule has 1 aromatic rings. The molecule has 0 N–H and O–H groups in total. The van der Waals surface area contributed by atoms with Crippen molar-refractivity contribution in [2.75, 3.05) is 32.7 Å². The number of halogens is 1. The Balaban J connectivity index is 2.08.